The molecule has 0 bridgehead atoms. The maximum absolute atomic E-state index is 11.9. The van der Waals surface area contributed by atoms with Crippen molar-refractivity contribution >= 4 is 23.6 Å². The Balaban J connectivity index is 1.49. The molecule has 30 heavy (non-hydrogen) atoms. The standard InChI is InChI=1S/C22H20N4O4/c1-16-5-2-3-8-21(16)24-22(27)25-23-14-17-9-11-20(12-10-17)30-15-18-6-4-7-19(13-18)26(28)29/h2-14H,15H2,1H3,(H2,24,25,27). The van der Waals surface area contributed by atoms with Crippen molar-refractivity contribution in [2.24, 2.45) is 5.10 Å². The summed E-state index contributed by atoms with van der Waals surface area (Å²) in [4.78, 5) is 22.3. The molecule has 8 heteroatoms. The van der Waals surface area contributed by atoms with Gasteiger partial charge in [0.25, 0.3) is 5.69 Å². The first kappa shape index (κ1) is 20.5. The summed E-state index contributed by atoms with van der Waals surface area (Å²) in [5.41, 5.74) is 5.60. The van der Waals surface area contributed by atoms with E-state index in [2.05, 4.69) is 15.8 Å². The molecule has 0 saturated heterocycles. The lowest BCUT2D eigenvalue weighted by Crippen LogP contribution is -2.24. The number of carbonyl (C=O) groups excluding carboxylic acids is 1. The normalized spacial score (nSPS) is 10.6. The zero-order valence-corrected chi connectivity index (χ0v) is 16.2. The number of nitrogens with one attached hydrogen (secondary N) is 2. The molecule has 0 spiro atoms. The molecule has 8 nitrogen and oxygen atoms in total. The van der Waals surface area contributed by atoms with Crippen molar-refractivity contribution in [3.05, 3.63) is 99.6 Å². The third kappa shape index (κ3) is 5.90. The Kier molecular flexibility index (Phi) is 6.73. The molecular weight excluding hydrogens is 384 g/mol. The Morgan fingerprint density at radius 3 is 2.60 bits per heavy atom. The fourth-order valence-electron chi connectivity index (χ4n) is 2.61. The lowest BCUT2D eigenvalue weighted by Gasteiger charge is -2.07. The molecule has 0 atom stereocenters. The van der Waals surface area contributed by atoms with Gasteiger partial charge in [0.05, 0.1) is 11.1 Å². The minimum Gasteiger partial charge on any atom is -0.489 e. The number of nitro groups is 1. The molecule has 0 fully saturated rings. The Hall–Kier alpha value is -4.20. The number of non-ortho nitro benzene ring substituents is 1. The Labute approximate surface area is 173 Å². The van der Waals surface area contributed by atoms with E-state index in [4.69, 9.17) is 4.74 Å². The monoisotopic (exact) mass is 404 g/mol. The third-order valence-electron chi connectivity index (χ3n) is 4.18. The van der Waals surface area contributed by atoms with Gasteiger partial charge in [-0.2, -0.15) is 5.10 Å². The SMILES string of the molecule is Cc1ccccc1NC(=O)NN=Cc1ccc(OCc2cccc([N+](=O)[O-])c2)cc1. The van der Waals surface area contributed by atoms with Crippen molar-refractivity contribution in [1.29, 1.82) is 0 Å². The smallest absolute Gasteiger partial charge is 0.339 e. The van der Waals surface area contributed by atoms with E-state index in [1.807, 2.05) is 31.2 Å². The summed E-state index contributed by atoms with van der Waals surface area (Å²) in [6.45, 7) is 2.12. The number of hydrogen-bond acceptors (Lipinski definition) is 5. The molecule has 0 aliphatic rings. The number of hydrogen-bond donors (Lipinski definition) is 2. The Morgan fingerprint density at radius 1 is 1.10 bits per heavy atom. The molecule has 3 rings (SSSR count). The maximum Gasteiger partial charge on any atom is 0.339 e. The Bertz CT molecular complexity index is 1060. The van der Waals surface area contributed by atoms with Crippen molar-refractivity contribution in [3.8, 4) is 5.75 Å². The van der Waals surface area contributed by atoms with Crippen LogP contribution in [0.4, 0.5) is 16.2 Å². The number of para-hydroxylation sites is 1. The fraction of sp³-hybridized carbons (Fsp3) is 0.0909. The first-order valence-electron chi connectivity index (χ1n) is 9.13. The highest BCUT2D eigenvalue weighted by Crippen LogP contribution is 2.17. The van der Waals surface area contributed by atoms with Crippen molar-refractivity contribution in [2.75, 3.05) is 5.32 Å². The van der Waals surface area contributed by atoms with Gasteiger partial charge in [0, 0.05) is 17.8 Å². The van der Waals surface area contributed by atoms with Crippen LogP contribution in [0.3, 0.4) is 0 Å². The van der Waals surface area contributed by atoms with Gasteiger partial charge in [0.1, 0.15) is 12.4 Å². The van der Waals surface area contributed by atoms with Crippen LogP contribution < -0.4 is 15.5 Å². The van der Waals surface area contributed by atoms with Gasteiger partial charge in [-0.25, -0.2) is 10.2 Å². The van der Waals surface area contributed by atoms with Crippen molar-refractivity contribution in [3.63, 3.8) is 0 Å². The molecule has 3 aromatic carbocycles. The van der Waals surface area contributed by atoms with Gasteiger partial charge in [0.15, 0.2) is 0 Å². The molecule has 0 radical (unpaired) electrons. The van der Waals surface area contributed by atoms with Crippen molar-refractivity contribution < 1.29 is 14.5 Å². The molecule has 3 aromatic rings. The number of carbonyl (C=O) groups is 1. The highest BCUT2D eigenvalue weighted by Gasteiger charge is 2.06. The number of urea groups is 1. The minimum atomic E-state index is -0.438. The van der Waals surface area contributed by atoms with E-state index in [-0.39, 0.29) is 12.3 Å². The quantitative estimate of drug-likeness (QED) is 0.340. The lowest BCUT2D eigenvalue weighted by molar-refractivity contribution is -0.384. The van der Waals surface area contributed by atoms with E-state index in [0.717, 1.165) is 16.8 Å². The Morgan fingerprint density at radius 2 is 1.87 bits per heavy atom. The predicted octanol–water partition coefficient (Wildman–Crippen LogP) is 4.64. The second-order valence-corrected chi connectivity index (χ2v) is 6.42. The van der Waals surface area contributed by atoms with Gasteiger partial charge in [-0.3, -0.25) is 10.1 Å². The van der Waals surface area contributed by atoms with Gasteiger partial charge in [0.2, 0.25) is 0 Å². The molecule has 2 amide bonds. The number of amides is 2. The highest BCUT2D eigenvalue weighted by atomic mass is 16.6. The van der Waals surface area contributed by atoms with Crippen LogP contribution in [0.15, 0.2) is 77.9 Å². The summed E-state index contributed by atoms with van der Waals surface area (Å²) < 4.78 is 5.66. The summed E-state index contributed by atoms with van der Waals surface area (Å²) in [6.07, 6.45) is 1.52. The second kappa shape index (κ2) is 9.83. The minimum absolute atomic E-state index is 0.0293. The highest BCUT2D eigenvalue weighted by molar-refractivity contribution is 5.91. The summed E-state index contributed by atoms with van der Waals surface area (Å²) in [6, 6.07) is 20.4. The summed E-state index contributed by atoms with van der Waals surface area (Å²) >= 11 is 0. The van der Waals surface area contributed by atoms with Gasteiger partial charge in [-0.15, -0.1) is 0 Å². The van der Waals surface area contributed by atoms with Crippen molar-refractivity contribution in [2.45, 2.75) is 13.5 Å². The van der Waals surface area contributed by atoms with E-state index in [9.17, 15) is 14.9 Å². The maximum atomic E-state index is 11.9. The summed E-state index contributed by atoms with van der Waals surface area (Å²) in [7, 11) is 0. The number of nitro benzene ring substituents is 1. The van der Waals surface area contributed by atoms with Gasteiger partial charge in [-0.1, -0.05) is 30.3 Å². The number of aryl methyl sites for hydroxylation is 1. The van der Waals surface area contributed by atoms with Crippen LogP contribution in [0.1, 0.15) is 16.7 Å². The average molecular weight is 404 g/mol. The van der Waals surface area contributed by atoms with Crippen LogP contribution in [0.5, 0.6) is 5.75 Å². The first-order chi connectivity index (χ1) is 14.5. The van der Waals surface area contributed by atoms with Crippen molar-refractivity contribution in [1.82, 2.24) is 5.43 Å². The molecule has 152 valence electrons. The van der Waals surface area contributed by atoms with Crippen LogP contribution >= 0.6 is 0 Å². The second-order valence-electron chi connectivity index (χ2n) is 6.42. The number of ether oxygens (including phenoxy) is 1. The zero-order valence-electron chi connectivity index (χ0n) is 16.2. The van der Waals surface area contributed by atoms with E-state index < -0.39 is 11.0 Å². The zero-order chi connectivity index (χ0) is 21.3. The lowest BCUT2D eigenvalue weighted by atomic mass is 10.2. The average Bonchev–Trinajstić information content (AvgIpc) is 2.75. The first-order valence-corrected chi connectivity index (χ1v) is 9.13. The van der Waals surface area contributed by atoms with Crippen LogP contribution in [0.2, 0.25) is 0 Å². The van der Waals surface area contributed by atoms with Crippen LogP contribution in [-0.4, -0.2) is 17.2 Å². The summed E-state index contributed by atoms with van der Waals surface area (Å²) in [5, 5.41) is 17.5. The molecule has 0 unspecified atom stereocenters. The third-order valence-corrected chi connectivity index (χ3v) is 4.18. The molecular formula is C22H20N4O4. The van der Waals surface area contributed by atoms with E-state index in [1.165, 1.54) is 18.3 Å². The van der Waals surface area contributed by atoms with Gasteiger partial charge in [-0.05, 0) is 53.9 Å². The number of rotatable bonds is 7. The molecule has 0 aliphatic heterocycles. The fourth-order valence-corrected chi connectivity index (χ4v) is 2.61. The number of nitrogens with zero attached hydrogens (tertiary/aromatic N) is 2. The van der Waals surface area contributed by atoms with E-state index in [0.29, 0.717) is 11.3 Å². The van der Waals surface area contributed by atoms with Crippen LogP contribution in [0.25, 0.3) is 0 Å². The van der Waals surface area contributed by atoms with E-state index in [1.54, 1.807) is 36.4 Å². The number of hydrazone groups is 1. The van der Waals surface area contributed by atoms with Crippen LogP contribution in [-0.2, 0) is 6.61 Å². The molecule has 0 heterocycles. The van der Waals surface area contributed by atoms with Gasteiger partial charge >= 0.3 is 6.03 Å². The van der Waals surface area contributed by atoms with E-state index >= 15 is 0 Å². The number of benzene rings is 3. The summed E-state index contributed by atoms with van der Waals surface area (Å²) in [5.74, 6) is 0.615. The topological polar surface area (TPSA) is 106 Å². The molecule has 0 aromatic heterocycles. The molecule has 2 N–H and O–H groups in total. The number of anilines is 1. The van der Waals surface area contributed by atoms with Gasteiger partial charge < -0.3 is 10.1 Å². The molecule has 0 aliphatic carbocycles. The predicted molar refractivity (Wildman–Crippen MR) is 115 cm³/mol. The largest absolute Gasteiger partial charge is 0.489 e. The van der Waals surface area contributed by atoms with Crippen LogP contribution in [0, 0.1) is 17.0 Å². The molecule has 0 saturated carbocycles.